The van der Waals surface area contributed by atoms with Gasteiger partial charge in [-0.05, 0) is 37.8 Å². The number of rotatable bonds is 3. The first kappa shape index (κ1) is 12.4. The number of aromatic nitrogens is 2. The fraction of sp³-hybridized carbons (Fsp3) is 0.467. The predicted octanol–water partition coefficient (Wildman–Crippen LogP) is 3.11. The van der Waals surface area contributed by atoms with Crippen LogP contribution in [0.2, 0.25) is 0 Å². The normalized spacial score (nSPS) is 28.7. The van der Waals surface area contributed by atoms with Crippen molar-refractivity contribution in [3.05, 3.63) is 30.3 Å². The molecule has 2 saturated heterocycles. The molecule has 104 valence electrons. The highest BCUT2D eigenvalue weighted by molar-refractivity contribution is 7.99. The lowest BCUT2D eigenvalue weighted by molar-refractivity contribution is 0.409. The molecule has 2 aromatic rings. The molecular weight excluding hydrogens is 270 g/mol. The third kappa shape index (κ3) is 2.47. The highest BCUT2D eigenvalue weighted by Crippen LogP contribution is 2.37. The molecule has 0 saturated carbocycles. The Balaban J connectivity index is 1.46. The predicted molar refractivity (Wildman–Crippen MR) is 78.6 cm³/mol. The standard InChI is InChI=1S/C15H17N3OS/c1-2-4-10(5-3-1)14-17-18-15(19-14)20-13-8-11-6-7-12(9-13)16-11/h1-5,11-13,16H,6-9H2. The van der Waals surface area contributed by atoms with Gasteiger partial charge in [-0.1, -0.05) is 30.0 Å². The van der Waals surface area contributed by atoms with Gasteiger partial charge in [0.05, 0.1) is 0 Å². The van der Waals surface area contributed by atoms with Crippen molar-refractivity contribution in [2.24, 2.45) is 0 Å². The van der Waals surface area contributed by atoms with Crippen molar-refractivity contribution in [1.29, 1.82) is 0 Å². The highest BCUT2D eigenvalue weighted by Gasteiger charge is 2.34. The number of benzene rings is 1. The Morgan fingerprint density at radius 3 is 2.55 bits per heavy atom. The van der Waals surface area contributed by atoms with Crippen LogP contribution in [-0.2, 0) is 0 Å². The van der Waals surface area contributed by atoms with E-state index >= 15 is 0 Å². The SMILES string of the molecule is c1ccc(-c2nnc(SC3CC4CCC(C3)N4)o2)cc1. The molecule has 0 aliphatic carbocycles. The molecule has 0 spiro atoms. The number of nitrogens with zero attached hydrogens (tertiary/aromatic N) is 2. The maximum Gasteiger partial charge on any atom is 0.277 e. The van der Waals surface area contributed by atoms with Crippen molar-refractivity contribution in [1.82, 2.24) is 15.5 Å². The third-order valence-corrected chi connectivity index (χ3v) is 5.21. The van der Waals surface area contributed by atoms with E-state index in [2.05, 4.69) is 15.5 Å². The van der Waals surface area contributed by atoms with Crippen LogP contribution < -0.4 is 5.32 Å². The van der Waals surface area contributed by atoms with Crippen LogP contribution in [0.3, 0.4) is 0 Å². The largest absolute Gasteiger partial charge is 0.411 e. The molecule has 2 bridgehead atoms. The van der Waals surface area contributed by atoms with Crippen LogP contribution >= 0.6 is 11.8 Å². The fourth-order valence-electron chi connectivity index (χ4n) is 3.20. The van der Waals surface area contributed by atoms with Gasteiger partial charge in [0.1, 0.15) is 0 Å². The summed E-state index contributed by atoms with van der Waals surface area (Å²) in [4.78, 5) is 0. The Labute approximate surface area is 122 Å². The minimum absolute atomic E-state index is 0.609. The lowest BCUT2D eigenvalue weighted by atomic mass is 10.1. The number of fused-ring (bicyclic) bond motifs is 2. The smallest absolute Gasteiger partial charge is 0.277 e. The van der Waals surface area contributed by atoms with Crippen LogP contribution in [0, 0.1) is 0 Å². The Hall–Kier alpha value is -1.33. The molecule has 5 heteroatoms. The van der Waals surface area contributed by atoms with Crippen LogP contribution in [0.25, 0.3) is 11.5 Å². The molecule has 1 N–H and O–H groups in total. The molecular formula is C15H17N3OS. The van der Waals surface area contributed by atoms with Gasteiger partial charge in [0.2, 0.25) is 5.89 Å². The molecule has 4 nitrogen and oxygen atoms in total. The molecule has 0 amide bonds. The van der Waals surface area contributed by atoms with Gasteiger partial charge in [0.15, 0.2) is 0 Å². The molecule has 20 heavy (non-hydrogen) atoms. The molecule has 1 aromatic carbocycles. The van der Waals surface area contributed by atoms with Crippen molar-refractivity contribution in [2.45, 2.75) is 48.2 Å². The second kappa shape index (κ2) is 5.22. The van der Waals surface area contributed by atoms with Gasteiger partial charge in [0.25, 0.3) is 5.22 Å². The van der Waals surface area contributed by atoms with Crippen molar-refractivity contribution < 1.29 is 4.42 Å². The van der Waals surface area contributed by atoms with Crippen LogP contribution in [0.5, 0.6) is 0 Å². The highest BCUT2D eigenvalue weighted by atomic mass is 32.2. The van der Waals surface area contributed by atoms with Crippen LogP contribution in [-0.4, -0.2) is 27.5 Å². The van der Waals surface area contributed by atoms with Crippen molar-refractivity contribution in [2.75, 3.05) is 0 Å². The Morgan fingerprint density at radius 1 is 1.05 bits per heavy atom. The minimum Gasteiger partial charge on any atom is -0.411 e. The van der Waals surface area contributed by atoms with Gasteiger partial charge in [-0.15, -0.1) is 10.2 Å². The Morgan fingerprint density at radius 2 is 1.80 bits per heavy atom. The van der Waals surface area contributed by atoms with Gasteiger partial charge >= 0.3 is 0 Å². The van der Waals surface area contributed by atoms with E-state index in [0.29, 0.717) is 28.4 Å². The first-order valence-corrected chi connectivity index (χ1v) is 8.06. The van der Waals surface area contributed by atoms with E-state index < -0.39 is 0 Å². The van der Waals surface area contributed by atoms with E-state index in [9.17, 15) is 0 Å². The molecule has 0 radical (unpaired) electrons. The van der Waals surface area contributed by atoms with Crippen LogP contribution in [0.1, 0.15) is 25.7 Å². The number of thioether (sulfide) groups is 1. The van der Waals surface area contributed by atoms with Gasteiger partial charge in [0, 0.05) is 22.9 Å². The molecule has 2 aliphatic heterocycles. The van der Waals surface area contributed by atoms with E-state index in [4.69, 9.17) is 4.42 Å². The Kier molecular flexibility index (Phi) is 3.24. The molecule has 2 unspecified atom stereocenters. The zero-order valence-electron chi connectivity index (χ0n) is 11.2. The summed E-state index contributed by atoms with van der Waals surface area (Å²) in [6.45, 7) is 0. The summed E-state index contributed by atoms with van der Waals surface area (Å²) in [6, 6.07) is 11.3. The molecule has 1 aromatic heterocycles. The average molecular weight is 287 g/mol. The molecule has 2 fully saturated rings. The number of hydrogen-bond donors (Lipinski definition) is 1. The number of hydrogen-bond acceptors (Lipinski definition) is 5. The molecule has 3 heterocycles. The first-order valence-electron chi connectivity index (χ1n) is 7.18. The molecule has 2 aliphatic rings. The zero-order chi connectivity index (χ0) is 13.4. The summed E-state index contributed by atoms with van der Waals surface area (Å²) >= 11 is 1.75. The minimum atomic E-state index is 0.609. The van der Waals surface area contributed by atoms with E-state index in [0.717, 1.165) is 5.56 Å². The summed E-state index contributed by atoms with van der Waals surface area (Å²) < 4.78 is 5.78. The number of nitrogens with one attached hydrogen (secondary N) is 1. The fourth-order valence-corrected chi connectivity index (χ4v) is 4.36. The molecule has 4 rings (SSSR count). The lowest BCUT2D eigenvalue weighted by Crippen LogP contribution is -2.39. The first-order chi connectivity index (χ1) is 9.87. The maximum absolute atomic E-state index is 5.78. The van der Waals surface area contributed by atoms with E-state index in [-0.39, 0.29) is 0 Å². The van der Waals surface area contributed by atoms with Crippen LogP contribution in [0.4, 0.5) is 0 Å². The average Bonchev–Trinajstić information content (AvgIpc) is 3.07. The summed E-state index contributed by atoms with van der Waals surface area (Å²) in [7, 11) is 0. The van der Waals surface area contributed by atoms with Crippen LogP contribution in [0.15, 0.2) is 40.0 Å². The van der Waals surface area contributed by atoms with Crippen molar-refractivity contribution >= 4 is 11.8 Å². The summed E-state index contributed by atoms with van der Waals surface area (Å²) in [6.07, 6.45) is 5.07. The van der Waals surface area contributed by atoms with E-state index in [1.165, 1.54) is 25.7 Å². The summed E-state index contributed by atoms with van der Waals surface area (Å²) in [5.74, 6) is 0.616. The third-order valence-electron chi connectivity index (χ3n) is 4.12. The maximum atomic E-state index is 5.78. The van der Waals surface area contributed by atoms with Crippen molar-refractivity contribution in [3.8, 4) is 11.5 Å². The lowest BCUT2D eigenvalue weighted by Gasteiger charge is -2.27. The van der Waals surface area contributed by atoms with Gasteiger partial charge in [-0.3, -0.25) is 0 Å². The van der Waals surface area contributed by atoms with E-state index in [1.54, 1.807) is 11.8 Å². The summed E-state index contributed by atoms with van der Waals surface area (Å²) in [5.41, 5.74) is 0.984. The van der Waals surface area contributed by atoms with Gasteiger partial charge in [-0.25, -0.2) is 0 Å². The summed E-state index contributed by atoms with van der Waals surface area (Å²) in [5, 5.41) is 13.3. The Bertz CT molecular complexity index is 574. The number of piperidine rings is 1. The quantitative estimate of drug-likeness (QED) is 0.940. The second-order valence-corrected chi connectivity index (χ2v) is 6.84. The van der Waals surface area contributed by atoms with E-state index in [1.807, 2.05) is 30.3 Å². The second-order valence-electron chi connectivity index (χ2n) is 5.59. The van der Waals surface area contributed by atoms with Gasteiger partial charge < -0.3 is 9.73 Å². The topological polar surface area (TPSA) is 51.0 Å². The molecule has 2 atom stereocenters. The van der Waals surface area contributed by atoms with Gasteiger partial charge in [-0.2, -0.15) is 0 Å². The van der Waals surface area contributed by atoms with Crippen molar-refractivity contribution in [3.63, 3.8) is 0 Å². The zero-order valence-corrected chi connectivity index (χ0v) is 12.0. The monoisotopic (exact) mass is 287 g/mol.